The Labute approximate surface area is 237 Å². The van der Waals surface area contributed by atoms with Crippen molar-refractivity contribution >= 4 is 22.7 Å². The van der Waals surface area contributed by atoms with Crippen LogP contribution >= 0.6 is 0 Å². The summed E-state index contributed by atoms with van der Waals surface area (Å²) in [5, 5.41) is 1.07. The van der Waals surface area contributed by atoms with Gasteiger partial charge in [-0.1, -0.05) is 50.2 Å². The van der Waals surface area contributed by atoms with Crippen LogP contribution in [0.25, 0.3) is 10.9 Å². The van der Waals surface area contributed by atoms with Gasteiger partial charge in [0.2, 0.25) is 5.91 Å². The second kappa shape index (κ2) is 12.9. The van der Waals surface area contributed by atoms with Crippen molar-refractivity contribution in [2.75, 3.05) is 26.7 Å². The molecule has 0 saturated carbocycles. The van der Waals surface area contributed by atoms with Gasteiger partial charge in [0, 0.05) is 42.3 Å². The van der Waals surface area contributed by atoms with Crippen LogP contribution < -0.4 is 4.74 Å². The zero-order valence-electron chi connectivity index (χ0n) is 23.4. The van der Waals surface area contributed by atoms with E-state index in [4.69, 9.17) is 4.74 Å². The van der Waals surface area contributed by atoms with Crippen LogP contribution in [0.5, 0.6) is 5.75 Å². The molecule has 1 heterocycles. The van der Waals surface area contributed by atoms with Gasteiger partial charge in [0.1, 0.15) is 12.3 Å². The van der Waals surface area contributed by atoms with Gasteiger partial charge in [-0.25, -0.2) is 0 Å². The van der Waals surface area contributed by atoms with E-state index in [9.17, 15) is 22.8 Å². The molecule has 4 aromatic rings. The monoisotopic (exact) mass is 565 g/mol. The first-order valence-corrected chi connectivity index (χ1v) is 13.5. The van der Waals surface area contributed by atoms with Gasteiger partial charge in [0.25, 0.3) is 5.91 Å². The minimum atomic E-state index is -4.58. The summed E-state index contributed by atoms with van der Waals surface area (Å²) in [6.45, 7) is 4.45. The number of amides is 2. The molecule has 0 atom stereocenters. The standard InChI is InChI=1S/C32H34F3N3O3/c1-22(2)19-38(31(40)24-7-6-8-26(17-24)32(33,34)35)21-30(39)37(20-23-11-13-27(41-3)14-12-23)16-15-25-18-36-29-10-5-4-9-28(25)29/h4-14,17-18,22,36H,15-16,19-21H2,1-3H3. The highest BCUT2D eigenvalue weighted by molar-refractivity contribution is 5.96. The van der Waals surface area contributed by atoms with Gasteiger partial charge in [-0.05, 0) is 59.9 Å². The molecule has 0 aliphatic heterocycles. The fourth-order valence-corrected chi connectivity index (χ4v) is 4.77. The second-order valence-corrected chi connectivity index (χ2v) is 10.4. The van der Waals surface area contributed by atoms with E-state index in [2.05, 4.69) is 4.98 Å². The molecule has 3 aromatic carbocycles. The summed E-state index contributed by atoms with van der Waals surface area (Å²) in [5.41, 5.74) is 1.95. The molecule has 216 valence electrons. The lowest BCUT2D eigenvalue weighted by Gasteiger charge is -2.29. The number of carbonyl (C=O) groups is 2. The van der Waals surface area contributed by atoms with Crippen molar-refractivity contribution in [1.82, 2.24) is 14.8 Å². The zero-order chi connectivity index (χ0) is 29.6. The Balaban J connectivity index is 1.57. The average Bonchev–Trinajstić information content (AvgIpc) is 3.37. The van der Waals surface area contributed by atoms with E-state index in [1.807, 2.05) is 68.6 Å². The third kappa shape index (κ3) is 7.68. The maximum Gasteiger partial charge on any atom is 0.416 e. The number of nitrogens with zero attached hydrogens (tertiary/aromatic N) is 2. The number of hydrogen-bond acceptors (Lipinski definition) is 3. The van der Waals surface area contributed by atoms with Crippen molar-refractivity contribution in [2.45, 2.75) is 33.0 Å². The fourth-order valence-electron chi connectivity index (χ4n) is 4.77. The second-order valence-electron chi connectivity index (χ2n) is 10.4. The van der Waals surface area contributed by atoms with E-state index in [1.54, 1.807) is 12.0 Å². The van der Waals surface area contributed by atoms with Crippen LogP contribution in [0.3, 0.4) is 0 Å². The molecule has 9 heteroatoms. The number of alkyl halides is 3. The van der Waals surface area contributed by atoms with Crippen LogP contribution in [0, 0.1) is 5.92 Å². The Morgan fingerprint density at radius 1 is 0.951 bits per heavy atom. The first-order valence-electron chi connectivity index (χ1n) is 13.5. The lowest BCUT2D eigenvalue weighted by molar-refractivity contribution is -0.137. The van der Waals surface area contributed by atoms with Crippen LogP contribution in [0.1, 0.15) is 40.9 Å². The van der Waals surface area contributed by atoms with E-state index in [1.165, 1.54) is 17.0 Å². The van der Waals surface area contributed by atoms with Crippen LogP contribution in [0.4, 0.5) is 13.2 Å². The summed E-state index contributed by atoms with van der Waals surface area (Å²) < 4.78 is 45.2. The van der Waals surface area contributed by atoms with Crippen molar-refractivity contribution in [3.05, 3.63) is 101 Å². The van der Waals surface area contributed by atoms with E-state index in [0.29, 0.717) is 25.3 Å². The highest BCUT2D eigenvalue weighted by Gasteiger charge is 2.32. The van der Waals surface area contributed by atoms with Gasteiger partial charge in [-0.3, -0.25) is 9.59 Å². The smallest absolute Gasteiger partial charge is 0.416 e. The van der Waals surface area contributed by atoms with Crippen molar-refractivity contribution in [1.29, 1.82) is 0 Å². The molecule has 4 rings (SSSR count). The number of benzene rings is 3. The number of para-hydroxylation sites is 1. The summed E-state index contributed by atoms with van der Waals surface area (Å²) in [4.78, 5) is 33.5. The molecule has 0 saturated heterocycles. The van der Waals surface area contributed by atoms with Crippen LogP contribution in [0.2, 0.25) is 0 Å². The number of aromatic amines is 1. The molecular formula is C32H34F3N3O3. The molecule has 2 amide bonds. The Bertz CT molecular complexity index is 1480. The zero-order valence-corrected chi connectivity index (χ0v) is 23.4. The highest BCUT2D eigenvalue weighted by Crippen LogP contribution is 2.30. The quantitative estimate of drug-likeness (QED) is 0.224. The topological polar surface area (TPSA) is 65.6 Å². The number of ether oxygens (including phenoxy) is 1. The SMILES string of the molecule is COc1ccc(CN(CCc2c[nH]c3ccccc23)C(=O)CN(CC(C)C)C(=O)c2cccc(C(F)(F)F)c2)cc1. The van der Waals surface area contributed by atoms with Gasteiger partial charge in [0.15, 0.2) is 0 Å². The molecule has 0 spiro atoms. The van der Waals surface area contributed by atoms with Crippen LogP contribution in [0.15, 0.2) is 79.0 Å². The average molecular weight is 566 g/mol. The molecule has 0 unspecified atom stereocenters. The molecule has 6 nitrogen and oxygen atoms in total. The number of rotatable bonds is 11. The molecule has 1 aromatic heterocycles. The normalized spacial score (nSPS) is 11.6. The van der Waals surface area contributed by atoms with E-state index < -0.39 is 17.6 Å². The van der Waals surface area contributed by atoms with E-state index >= 15 is 0 Å². The predicted octanol–water partition coefficient (Wildman–Crippen LogP) is 6.57. The van der Waals surface area contributed by atoms with E-state index in [-0.39, 0.29) is 30.5 Å². The van der Waals surface area contributed by atoms with Gasteiger partial charge in [0.05, 0.1) is 12.7 Å². The number of H-pyrrole nitrogens is 1. The summed E-state index contributed by atoms with van der Waals surface area (Å²) in [6, 6.07) is 19.6. The first kappa shape index (κ1) is 29.7. The molecule has 0 bridgehead atoms. The summed E-state index contributed by atoms with van der Waals surface area (Å²) in [6.07, 6.45) is -2.06. The van der Waals surface area contributed by atoms with Gasteiger partial charge < -0.3 is 19.5 Å². The van der Waals surface area contributed by atoms with Crippen molar-refractivity contribution < 1.29 is 27.5 Å². The van der Waals surface area contributed by atoms with Crippen LogP contribution in [-0.2, 0) is 23.9 Å². The minimum absolute atomic E-state index is 0.00110. The van der Waals surface area contributed by atoms with Crippen molar-refractivity contribution in [3.63, 3.8) is 0 Å². The molecule has 41 heavy (non-hydrogen) atoms. The van der Waals surface area contributed by atoms with Gasteiger partial charge in [-0.2, -0.15) is 13.2 Å². The fraction of sp³-hybridized carbons (Fsp3) is 0.312. The Kier molecular flexibility index (Phi) is 9.37. The minimum Gasteiger partial charge on any atom is -0.497 e. The number of fused-ring (bicyclic) bond motifs is 1. The van der Waals surface area contributed by atoms with Crippen LogP contribution in [-0.4, -0.2) is 53.3 Å². The maximum absolute atomic E-state index is 13.8. The largest absolute Gasteiger partial charge is 0.497 e. The number of aromatic nitrogens is 1. The number of carbonyl (C=O) groups excluding carboxylic acids is 2. The van der Waals surface area contributed by atoms with Gasteiger partial charge >= 0.3 is 6.18 Å². The molecule has 0 radical (unpaired) electrons. The summed E-state index contributed by atoms with van der Waals surface area (Å²) >= 11 is 0. The van der Waals surface area contributed by atoms with Crippen molar-refractivity contribution in [3.8, 4) is 5.75 Å². The molecule has 0 aliphatic rings. The Morgan fingerprint density at radius 2 is 1.68 bits per heavy atom. The first-order chi connectivity index (χ1) is 19.5. The number of methoxy groups -OCH3 is 1. The lowest BCUT2D eigenvalue weighted by Crippen LogP contribution is -2.44. The molecule has 0 fully saturated rings. The lowest BCUT2D eigenvalue weighted by atomic mass is 10.1. The maximum atomic E-state index is 13.8. The number of halogens is 3. The van der Waals surface area contributed by atoms with Gasteiger partial charge in [-0.15, -0.1) is 0 Å². The number of hydrogen-bond donors (Lipinski definition) is 1. The van der Waals surface area contributed by atoms with E-state index in [0.717, 1.165) is 34.2 Å². The summed E-state index contributed by atoms with van der Waals surface area (Å²) in [7, 11) is 1.58. The third-order valence-corrected chi connectivity index (χ3v) is 6.85. The Hall–Kier alpha value is -4.27. The molecular weight excluding hydrogens is 531 g/mol. The molecule has 0 aliphatic carbocycles. The molecule has 1 N–H and O–H groups in total. The highest BCUT2D eigenvalue weighted by atomic mass is 19.4. The van der Waals surface area contributed by atoms with Crippen molar-refractivity contribution in [2.24, 2.45) is 5.92 Å². The predicted molar refractivity (Wildman–Crippen MR) is 153 cm³/mol. The number of nitrogens with one attached hydrogen (secondary N) is 1. The third-order valence-electron chi connectivity index (χ3n) is 6.85. The Morgan fingerprint density at radius 3 is 2.37 bits per heavy atom. The summed E-state index contributed by atoms with van der Waals surface area (Å²) in [5.74, 6) is -0.208.